The minimum atomic E-state index is -1.48. The molecular formula is C14H15Cl2N3O2. The molecule has 1 atom stereocenters. The standard InChI is InChI=1S/C14H15Cl2N3O2/c1-13(2,3)21-12(20)14(7-17,8-4-5-8)9-6-10(15)18-19-11(9)16/h6,8H,4-5H2,1-3H3. The molecule has 1 fully saturated rings. The molecule has 5 nitrogen and oxygen atoms in total. The highest BCUT2D eigenvalue weighted by atomic mass is 35.5. The number of ether oxygens (including phenoxy) is 1. The van der Waals surface area contributed by atoms with Crippen LogP contribution < -0.4 is 0 Å². The van der Waals surface area contributed by atoms with Gasteiger partial charge in [0.25, 0.3) is 0 Å². The van der Waals surface area contributed by atoms with Crippen molar-refractivity contribution in [3.05, 3.63) is 21.9 Å². The van der Waals surface area contributed by atoms with Crippen molar-refractivity contribution < 1.29 is 9.53 Å². The Morgan fingerprint density at radius 3 is 2.48 bits per heavy atom. The first kappa shape index (κ1) is 16.0. The molecule has 0 aliphatic heterocycles. The van der Waals surface area contributed by atoms with Gasteiger partial charge in [-0.15, -0.1) is 10.2 Å². The van der Waals surface area contributed by atoms with Gasteiger partial charge < -0.3 is 4.74 Å². The van der Waals surface area contributed by atoms with E-state index in [-0.39, 0.29) is 21.8 Å². The van der Waals surface area contributed by atoms with E-state index in [1.807, 2.05) is 0 Å². The number of aromatic nitrogens is 2. The molecular weight excluding hydrogens is 313 g/mol. The zero-order valence-corrected chi connectivity index (χ0v) is 13.5. The molecule has 1 saturated carbocycles. The maximum Gasteiger partial charge on any atom is 0.332 e. The summed E-state index contributed by atoms with van der Waals surface area (Å²) in [4.78, 5) is 12.7. The van der Waals surface area contributed by atoms with Crippen molar-refractivity contribution in [1.29, 1.82) is 5.26 Å². The second kappa shape index (κ2) is 5.43. The van der Waals surface area contributed by atoms with Crippen molar-refractivity contribution in [2.75, 3.05) is 0 Å². The average Bonchev–Trinajstić information content (AvgIpc) is 3.17. The summed E-state index contributed by atoms with van der Waals surface area (Å²) in [5.74, 6) is -0.763. The van der Waals surface area contributed by atoms with E-state index in [1.54, 1.807) is 20.8 Å². The average molecular weight is 328 g/mol. The van der Waals surface area contributed by atoms with E-state index >= 15 is 0 Å². The van der Waals surface area contributed by atoms with Gasteiger partial charge in [-0.3, -0.25) is 0 Å². The molecule has 0 aromatic carbocycles. The summed E-state index contributed by atoms with van der Waals surface area (Å²) in [7, 11) is 0. The summed E-state index contributed by atoms with van der Waals surface area (Å²) in [5.41, 5.74) is -1.92. The lowest BCUT2D eigenvalue weighted by Gasteiger charge is -2.29. The number of halogens is 2. The van der Waals surface area contributed by atoms with Crippen LogP contribution in [0.15, 0.2) is 6.07 Å². The molecule has 2 rings (SSSR count). The Morgan fingerprint density at radius 1 is 1.38 bits per heavy atom. The molecule has 1 aliphatic carbocycles. The van der Waals surface area contributed by atoms with Crippen molar-refractivity contribution in [2.24, 2.45) is 5.92 Å². The number of nitrogens with zero attached hydrogens (tertiary/aromatic N) is 3. The van der Waals surface area contributed by atoms with Crippen LogP contribution in [0.5, 0.6) is 0 Å². The summed E-state index contributed by atoms with van der Waals surface area (Å²) in [5, 5.41) is 17.1. The smallest absolute Gasteiger partial charge is 0.332 e. The Balaban J connectivity index is 2.55. The maximum absolute atomic E-state index is 12.7. The summed E-state index contributed by atoms with van der Waals surface area (Å²) >= 11 is 11.9. The van der Waals surface area contributed by atoms with Gasteiger partial charge in [-0.1, -0.05) is 23.2 Å². The zero-order chi connectivity index (χ0) is 15.8. The molecule has 0 saturated heterocycles. The van der Waals surface area contributed by atoms with Gasteiger partial charge in [0.2, 0.25) is 0 Å². The van der Waals surface area contributed by atoms with E-state index in [9.17, 15) is 10.1 Å². The van der Waals surface area contributed by atoms with E-state index in [4.69, 9.17) is 27.9 Å². The number of nitriles is 1. The van der Waals surface area contributed by atoms with Crippen LogP contribution in [0.3, 0.4) is 0 Å². The summed E-state index contributed by atoms with van der Waals surface area (Å²) in [6.45, 7) is 5.25. The van der Waals surface area contributed by atoms with Gasteiger partial charge in [0.05, 0.1) is 6.07 Å². The SMILES string of the molecule is CC(C)(C)OC(=O)C(C#N)(c1cc(Cl)nnc1Cl)C1CC1. The maximum atomic E-state index is 12.7. The van der Waals surface area contributed by atoms with Crippen molar-refractivity contribution in [1.82, 2.24) is 10.2 Å². The largest absolute Gasteiger partial charge is 0.459 e. The molecule has 7 heteroatoms. The van der Waals surface area contributed by atoms with Crippen LogP contribution in [0.1, 0.15) is 39.2 Å². The number of rotatable bonds is 3. The predicted octanol–water partition coefficient (Wildman–Crippen LogP) is 3.30. The monoisotopic (exact) mass is 327 g/mol. The fourth-order valence-corrected chi connectivity index (χ4v) is 2.59. The van der Waals surface area contributed by atoms with Gasteiger partial charge in [-0.2, -0.15) is 5.26 Å². The third-order valence-electron chi connectivity index (χ3n) is 3.23. The Labute approximate surface area is 133 Å². The molecule has 1 aromatic heterocycles. The molecule has 1 aliphatic rings. The van der Waals surface area contributed by atoms with E-state index in [0.717, 1.165) is 12.8 Å². The summed E-state index contributed by atoms with van der Waals surface area (Å²) < 4.78 is 5.43. The number of hydrogen-bond donors (Lipinski definition) is 0. The Kier molecular flexibility index (Phi) is 4.14. The number of carbonyl (C=O) groups excluding carboxylic acids is 1. The molecule has 1 unspecified atom stereocenters. The lowest BCUT2D eigenvalue weighted by Crippen LogP contribution is -2.42. The molecule has 0 spiro atoms. The molecule has 0 radical (unpaired) electrons. The quantitative estimate of drug-likeness (QED) is 0.796. The number of carbonyl (C=O) groups is 1. The van der Waals surface area contributed by atoms with Gasteiger partial charge in [-0.25, -0.2) is 4.79 Å². The highest BCUT2D eigenvalue weighted by molar-refractivity contribution is 6.32. The topological polar surface area (TPSA) is 75.9 Å². The normalized spacial score (nSPS) is 17.7. The lowest BCUT2D eigenvalue weighted by atomic mass is 9.78. The molecule has 1 aromatic rings. The first-order valence-corrected chi connectivity index (χ1v) is 7.30. The lowest BCUT2D eigenvalue weighted by molar-refractivity contribution is -0.160. The van der Waals surface area contributed by atoms with E-state index in [2.05, 4.69) is 16.3 Å². The van der Waals surface area contributed by atoms with Crippen molar-refractivity contribution in [2.45, 2.75) is 44.6 Å². The summed E-state index contributed by atoms with van der Waals surface area (Å²) in [6, 6.07) is 3.52. The van der Waals surface area contributed by atoms with E-state index < -0.39 is 17.0 Å². The van der Waals surface area contributed by atoms with Crippen molar-refractivity contribution >= 4 is 29.2 Å². The molecule has 0 amide bonds. The number of hydrogen-bond acceptors (Lipinski definition) is 5. The van der Waals surface area contributed by atoms with Gasteiger partial charge in [0.15, 0.2) is 15.7 Å². The molecule has 1 heterocycles. The summed E-state index contributed by atoms with van der Waals surface area (Å²) in [6.07, 6.45) is 1.51. The van der Waals surface area contributed by atoms with Crippen molar-refractivity contribution in [3.8, 4) is 6.07 Å². The molecule has 112 valence electrons. The van der Waals surface area contributed by atoms with E-state index in [0.29, 0.717) is 0 Å². The van der Waals surface area contributed by atoms with Gasteiger partial charge in [0, 0.05) is 5.56 Å². The highest BCUT2D eigenvalue weighted by Gasteiger charge is 2.56. The fourth-order valence-electron chi connectivity index (χ4n) is 2.20. The number of esters is 1. The van der Waals surface area contributed by atoms with Crippen LogP contribution in [0.4, 0.5) is 0 Å². The Bertz CT molecular complexity index is 618. The van der Waals surface area contributed by atoms with E-state index in [1.165, 1.54) is 6.07 Å². The van der Waals surface area contributed by atoms with Crippen LogP contribution in [0.25, 0.3) is 0 Å². The zero-order valence-electron chi connectivity index (χ0n) is 12.0. The second-order valence-electron chi connectivity index (χ2n) is 6.07. The van der Waals surface area contributed by atoms with Crippen LogP contribution >= 0.6 is 23.2 Å². The van der Waals surface area contributed by atoms with Crippen LogP contribution in [-0.2, 0) is 14.9 Å². The Morgan fingerprint density at radius 2 is 2.00 bits per heavy atom. The van der Waals surface area contributed by atoms with Gasteiger partial charge in [-0.05, 0) is 45.6 Å². The molecule has 21 heavy (non-hydrogen) atoms. The molecule has 0 bridgehead atoms. The van der Waals surface area contributed by atoms with Crippen LogP contribution in [0, 0.1) is 17.2 Å². The first-order chi connectivity index (χ1) is 9.70. The fraction of sp³-hybridized carbons (Fsp3) is 0.571. The third-order valence-corrected chi connectivity index (χ3v) is 3.69. The predicted molar refractivity (Wildman–Crippen MR) is 77.9 cm³/mol. The Hall–Kier alpha value is -1.38. The highest BCUT2D eigenvalue weighted by Crippen LogP contribution is 2.50. The van der Waals surface area contributed by atoms with Crippen LogP contribution in [0.2, 0.25) is 10.3 Å². The van der Waals surface area contributed by atoms with Crippen molar-refractivity contribution in [3.63, 3.8) is 0 Å². The van der Waals surface area contributed by atoms with Crippen LogP contribution in [-0.4, -0.2) is 21.8 Å². The van der Waals surface area contributed by atoms with Gasteiger partial charge in [0.1, 0.15) is 5.60 Å². The second-order valence-corrected chi connectivity index (χ2v) is 6.81. The minimum Gasteiger partial charge on any atom is -0.459 e. The third kappa shape index (κ3) is 3.12. The first-order valence-electron chi connectivity index (χ1n) is 6.54. The molecule has 0 N–H and O–H groups in total. The van der Waals surface area contributed by atoms with Gasteiger partial charge >= 0.3 is 5.97 Å². The minimum absolute atomic E-state index is 0.00120.